The molecule has 0 bridgehead atoms. The maximum atomic E-state index is 12.4. The van der Waals surface area contributed by atoms with Gasteiger partial charge in [0.15, 0.2) is 5.78 Å². The fourth-order valence-corrected chi connectivity index (χ4v) is 2.46. The lowest BCUT2D eigenvalue weighted by molar-refractivity contribution is -0.114. The molecule has 24 heavy (non-hydrogen) atoms. The molecule has 1 aliphatic rings. The molecule has 6 heteroatoms. The lowest BCUT2D eigenvalue weighted by atomic mass is 10.00. The highest BCUT2D eigenvalue weighted by molar-refractivity contribution is 6.33. The van der Waals surface area contributed by atoms with Crippen molar-refractivity contribution in [1.82, 2.24) is 0 Å². The minimum atomic E-state index is -0.797. The van der Waals surface area contributed by atoms with Crippen molar-refractivity contribution in [3.63, 3.8) is 0 Å². The summed E-state index contributed by atoms with van der Waals surface area (Å²) >= 11 is 6.03. The van der Waals surface area contributed by atoms with Crippen LogP contribution in [0, 0.1) is 0 Å². The van der Waals surface area contributed by atoms with Crippen molar-refractivity contribution in [1.29, 1.82) is 0 Å². The molecule has 0 fully saturated rings. The molecule has 0 saturated heterocycles. The van der Waals surface area contributed by atoms with E-state index in [2.05, 4.69) is 0 Å². The quantitative estimate of drug-likeness (QED) is 0.701. The topological polar surface area (TPSA) is 83.8 Å². The zero-order valence-electron chi connectivity index (χ0n) is 13.0. The fourth-order valence-electron chi connectivity index (χ4n) is 2.24. The predicted octanol–water partition coefficient (Wildman–Crippen LogP) is 3.48. The molecule has 1 aromatic rings. The molecule has 2 rings (SSSR count). The maximum absolute atomic E-state index is 12.4. The summed E-state index contributed by atoms with van der Waals surface area (Å²) < 4.78 is 5.29. The molecule has 126 valence electrons. The van der Waals surface area contributed by atoms with Crippen LogP contribution >= 0.6 is 11.6 Å². The van der Waals surface area contributed by atoms with Crippen LogP contribution in [0.2, 0.25) is 5.02 Å². The summed E-state index contributed by atoms with van der Waals surface area (Å²) in [7, 11) is 0. The molecular weight excluding hydrogens is 332 g/mol. The molecule has 5 nitrogen and oxygen atoms in total. The Kier molecular flexibility index (Phi) is 5.82. The number of hydrogen-bond acceptors (Lipinski definition) is 5. The number of aromatic hydroxyl groups is 2. The standard InChI is InChI=1S/C18H17ClO5/c1-11-7-5-3-2-4-6-8-12(20)9-13-16(18(23)24-11)14(21)10-15(22)17(13)19/h2-6,8,10-11,21-22H,7,9H2,1H3/b4-2-,5-3+,8-6+/t11-/m1/s1. The minimum Gasteiger partial charge on any atom is -0.507 e. The van der Waals surface area contributed by atoms with Gasteiger partial charge in [-0.25, -0.2) is 4.79 Å². The van der Waals surface area contributed by atoms with Crippen LogP contribution in [0.25, 0.3) is 0 Å². The zero-order valence-corrected chi connectivity index (χ0v) is 13.8. The smallest absolute Gasteiger partial charge is 0.342 e. The highest BCUT2D eigenvalue weighted by Crippen LogP contribution is 2.37. The summed E-state index contributed by atoms with van der Waals surface area (Å²) in [5.41, 5.74) is -0.166. The van der Waals surface area contributed by atoms with Crippen molar-refractivity contribution in [3.8, 4) is 11.5 Å². The summed E-state index contributed by atoms with van der Waals surface area (Å²) in [6, 6.07) is 0.958. The second kappa shape index (κ2) is 7.84. The first kappa shape index (κ1) is 17.8. The highest BCUT2D eigenvalue weighted by Gasteiger charge is 2.25. The van der Waals surface area contributed by atoms with E-state index in [0.29, 0.717) is 6.42 Å². The normalized spacial score (nSPS) is 22.8. The van der Waals surface area contributed by atoms with E-state index in [4.69, 9.17) is 16.3 Å². The number of phenols is 2. The number of hydrogen-bond donors (Lipinski definition) is 2. The number of fused-ring (bicyclic) bond motifs is 1. The Labute approximate surface area is 144 Å². The lowest BCUT2D eigenvalue weighted by Crippen LogP contribution is -2.17. The molecule has 1 atom stereocenters. The predicted molar refractivity (Wildman–Crippen MR) is 90.4 cm³/mol. The lowest BCUT2D eigenvalue weighted by Gasteiger charge is -2.16. The van der Waals surface area contributed by atoms with Crippen LogP contribution in [0.4, 0.5) is 0 Å². The van der Waals surface area contributed by atoms with Gasteiger partial charge >= 0.3 is 5.97 Å². The van der Waals surface area contributed by atoms with E-state index in [1.807, 2.05) is 6.08 Å². The number of allylic oxidation sites excluding steroid dienone is 5. The minimum absolute atomic E-state index is 0.0394. The van der Waals surface area contributed by atoms with Crippen molar-refractivity contribution < 1.29 is 24.5 Å². The largest absolute Gasteiger partial charge is 0.507 e. The van der Waals surface area contributed by atoms with Gasteiger partial charge < -0.3 is 14.9 Å². The molecule has 1 heterocycles. The van der Waals surface area contributed by atoms with Crippen molar-refractivity contribution in [2.75, 3.05) is 0 Å². The van der Waals surface area contributed by atoms with Crippen LogP contribution in [0.15, 0.2) is 42.5 Å². The van der Waals surface area contributed by atoms with Gasteiger partial charge in [0.25, 0.3) is 0 Å². The van der Waals surface area contributed by atoms with E-state index in [1.54, 1.807) is 31.2 Å². The van der Waals surface area contributed by atoms with E-state index in [-0.39, 0.29) is 28.4 Å². The number of benzene rings is 1. The van der Waals surface area contributed by atoms with Crippen LogP contribution in [-0.2, 0) is 16.0 Å². The van der Waals surface area contributed by atoms with Gasteiger partial charge in [-0.2, -0.15) is 0 Å². The van der Waals surface area contributed by atoms with E-state index in [9.17, 15) is 19.8 Å². The number of halogens is 1. The van der Waals surface area contributed by atoms with Gasteiger partial charge in [0, 0.05) is 24.5 Å². The van der Waals surface area contributed by atoms with Gasteiger partial charge in [-0.1, -0.05) is 42.0 Å². The Morgan fingerprint density at radius 2 is 1.83 bits per heavy atom. The highest BCUT2D eigenvalue weighted by atomic mass is 35.5. The van der Waals surface area contributed by atoms with Crippen molar-refractivity contribution >= 4 is 23.4 Å². The van der Waals surface area contributed by atoms with Crippen LogP contribution in [0.1, 0.15) is 29.3 Å². The third kappa shape index (κ3) is 4.26. The number of esters is 1. The van der Waals surface area contributed by atoms with Gasteiger partial charge in [0.2, 0.25) is 0 Å². The average Bonchev–Trinajstić information content (AvgIpc) is 2.50. The second-order valence-electron chi connectivity index (χ2n) is 5.35. The van der Waals surface area contributed by atoms with Gasteiger partial charge in [0.05, 0.1) is 5.02 Å². The van der Waals surface area contributed by atoms with Crippen molar-refractivity contribution in [2.24, 2.45) is 0 Å². The summed E-state index contributed by atoms with van der Waals surface area (Å²) in [5, 5.41) is 19.6. The number of phenolic OH excluding ortho intramolecular Hbond substituents is 2. The number of rotatable bonds is 0. The second-order valence-corrected chi connectivity index (χ2v) is 5.73. The van der Waals surface area contributed by atoms with Crippen LogP contribution in [-0.4, -0.2) is 28.1 Å². The van der Waals surface area contributed by atoms with E-state index in [1.165, 1.54) is 6.08 Å². The van der Waals surface area contributed by atoms with Crippen LogP contribution < -0.4 is 0 Å². The molecule has 0 spiro atoms. The van der Waals surface area contributed by atoms with Crippen molar-refractivity contribution in [2.45, 2.75) is 25.9 Å². The third-order valence-corrected chi connectivity index (χ3v) is 3.83. The Hall–Kier alpha value is -2.53. The number of cyclic esters (lactones) is 1. The molecule has 0 saturated carbocycles. The summed E-state index contributed by atoms with van der Waals surface area (Å²) in [6.45, 7) is 1.71. The van der Waals surface area contributed by atoms with E-state index >= 15 is 0 Å². The summed E-state index contributed by atoms with van der Waals surface area (Å²) in [5.74, 6) is -2.03. The average molecular weight is 349 g/mol. The Morgan fingerprint density at radius 3 is 2.58 bits per heavy atom. The molecule has 2 N–H and O–H groups in total. The SMILES string of the molecule is C[C@@H]1C/C=C/C=C\C=C\C(=O)Cc2c(Cl)c(O)cc(O)c2C(=O)O1. The Bertz CT molecular complexity index is 746. The number of carbonyl (C=O) groups excluding carboxylic acids is 2. The number of carbonyl (C=O) groups is 2. The first-order valence-electron chi connectivity index (χ1n) is 7.37. The zero-order chi connectivity index (χ0) is 17.7. The van der Waals surface area contributed by atoms with E-state index < -0.39 is 23.6 Å². The molecule has 0 amide bonds. The summed E-state index contributed by atoms with van der Waals surface area (Å²) in [4.78, 5) is 24.4. The Morgan fingerprint density at radius 1 is 1.12 bits per heavy atom. The van der Waals surface area contributed by atoms with Crippen LogP contribution in [0.3, 0.4) is 0 Å². The number of ether oxygens (including phenoxy) is 1. The summed E-state index contributed by atoms with van der Waals surface area (Å²) in [6.07, 6.45) is 9.74. The van der Waals surface area contributed by atoms with Crippen molar-refractivity contribution in [3.05, 3.63) is 58.7 Å². The van der Waals surface area contributed by atoms with E-state index in [0.717, 1.165) is 6.07 Å². The van der Waals surface area contributed by atoms with Gasteiger partial charge in [-0.05, 0) is 13.0 Å². The fraction of sp³-hybridized carbons (Fsp3) is 0.222. The van der Waals surface area contributed by atoms with Gasteiger partial charge in [-0.15, -0.1) is 0 Å². The Balaban J connectivity index is 2.53. The molecule has 0 aliphatic carbocycles. The van der Waals surface area contributed by atoms with Gasteiger partial charge in [-0.3, -0.25) is 4.79 Å². The maximum Gasteiger partial charge on any atom is 0.342 e. The third-order valence-electron chi connectivity index (χ3n) is 3.40. The van der Waals surface area contributed by atoms with Gasteiger partial charge in [0.1, 0.15) is 23.2 Å². The van der Waals surface area contributed by atoms with Crippen LogP contribution in [0.5, 0.6) is 11.5 Å². The molecule has 0 unspecified atom stereocenters. The number of ketones is 1. The monoisotopic (exact) mass is 348 g/mol. The molecule has 0 radical (unpaired) electrons. The first-order valence-corrected chi connectivity index (χ1v) is 7.75. The molecule has 1 aliphatic heterocycles. The molecule has 1 aromatic carbocycles. The first-order chi connectivity index (χ1) is 11.4. The molecular formula is C18H17ClO5. The molecule has 0 aromatic heterocycles.